The van der Waals surface area contributed by atoms with Crippen molar-refractivity contribution in [2.75, 3.05) is 13.1 Å². The molecule has 54 valence electrons. The highest BCUT2D eigenvalue weighted by Gasteiger charge is 1.97. The van der Waals surface area contributed by atoms with E-state index in [1.165, 1.54) is 5.01 Å². The molecule has 0 aromatic rings. The van der Waals surface area contributed by atoms with Gasteiger partial charge in [-0.15, -0.1) is 0 Å². The lowest BCUT2D eigenvalue weighted by Crippen LogP contribution is -2.17. The SMILES string of the molecule is CCN(CC)N=[N+]([O-])[O-]. The predicted molar refractivity (Wildman–Crippen MR) is 32.3 cm³/mol. The molecule has 0 heterocycles. The molecule has 0 atom stereocenters. The normalized spacial score (nSPS) is 8.67. The van der Waals surface area contributed by atoms with Gasteiger partial charge in [0.25, 0.3) is 0 Å². The van der Waals surface area contributed by atoms with E-state index in [2.05, 4.69) is 5.22 Å². The van der Waals surface area contributed by atoms with E-state index in [4.69, 9.17) is 0 Å². The fraction of sp³-hybridized carbons (Fsp3) is 1.00. The summed E-state index contributed by atoms with van der Waals surface area (Å²) < 4.78 is 0. The van der Waals surface area contributed by atoms with E-state index in [9.17, 15) is 10.4 Å². The molecule has 0 radical (unpaired) electrons. The lowest BCUT2D eigenvalue weighted by Gasteiger charge is -2.11. The summed E-state index contributed by atoms with van der Waals surface area (Å²) in [5, 5.41) is 23.2. The zero-order valence-corrected chi connectivity index (χ0v) is 5.57. The lowest BCUT2D eigenvalue weighted by atomic mass is 10.6. The van der Waals surface area contributed by atoms with Gasteiger partial charge < -0.3 is 10.4 Å². The molecule has 0 rings (SSSR count). The van der Waals surface area contributed by atoms with Crippen molar-refractivity contribution in [2.24, 2.45) is 5.22 Å². The fourth-order valence-electron chi connectivity index (χ4n) is 0.453. The fourth-order valence-corrected chi connectivity index (χ4v) is 0.453. The van der Waals surface area contributed by atoms with Gasteiger partial charge in [0.05, 0.1) is 5.22 Å². The molecule has 0 bridgehead atoms. The standard InChI is InChI=1S/C4H10N3O2/c1-3-6(4-2)5-7(8)9/h3-4H2,1-2H3/q-1. The quantitative estimate of drug-likeness (QED) is 0.419. The molecule has 0 spiro atoms. The molecular weight excluding hydrogens is 122 g/mol. The molecule has 0 saturated heterocycles. The average Bonchev–Trinajstić information content (AvgIpc) is 1.82. The van der Waals surface area contributed by atoms with Crippen molar-refractivity contribution < 1.29 is 5.02 Å². The van der Waals surface area contributed by atoms with Crippen LogP contribution in [0.4, 0.5) is 0 Å². The second-order valence-corrected chi connectivity index (χ2v) is 1.47. The van der Waals surface area contributed by atoms with E-state index < -0.39 is 5.02 Å². The number of nitrogens with zero attached hydrogens (tertiary/aromatic N) is 3. The average molecular weight is 132 g/mol. The molecule has 0 N–H and O–H groups in total. The molecule has 0 unspecified atom stereocenters. The first-order chi connectivity index (χ1) is 4.20. The second-order valence-electron chi connectivity index (χ2n) is 1.47. The van der Waals surface area contributed by atoms with Crippen molar-refractivity contribution in [1.82, 2.24) is 5.01 Å². The number of rotatable bonds is 3. The summed E-state index contributed by atoms with van der Waals surface area (Å²) in [6.45, 7) is 4.79. The highest BCUT2D eigenvalue weighted by molar-refractivity contribution is 4.35. The van der Waals surface area contributed by atoms with Crippen LogP contribution < -0.4 is 0 Å². The molecule has 5 heteroatoms. The van der Waals surface area contributed by atoms with E-state index in [1.54, 1.807) is 0 Å². The first kappa shape index (κ1) is 8.00. The first-order valence-electron chi connectivity index (χ1n) is 2.81. The Labute approximate surface area is 53.7 Å². The van der Waals surface area contributed by atoms with Gasteiger partial charge in [-0.2, -0.15) is 10.0 Å². The van der Waals surface area contributed by atoms with Crippen molar-refractivity contribution in [2.45, 2.75) is 13.8 Å². The van der Waals surface area contributed by atoms with Gasteiger partial charge in [0.15, 0.2) is 0 Å². The van der Waals surface area contributed by atoms with Crippen molar-refractivity contribution >= 4 is 0 Å². The lowest BCUT2D eigenvalue weighted by molar-refractivity contribution is -0.478. The molecule has 0 aliphatic rings. The zero-order chi connectivity index (χ0) is 7.28. The molecule has 0 saturated carbocycles. The van der Waals surface area contributed by atoms with Crippen LogP contribution in [0, 0.1) is 10.4 Å². The predicted octanol–water partition coefficient (Wildman–Crippen LogP) is 0.703. The summed E-state index contributed by atoms with van der Waals surface area (Å²) in [5.74, 6) is 0. The minimum atomic E-state index is -0.688. The highest BCUT2D eigenvalue weighted by atomic mass is 16.8. The van der Waals surface area contributed by atoms with E-state index in [0.29, 0.717) is 13.1 Å². The molecule has 0 amide bonds. The van der Waals surface area contributed by atoms with Crippen LogP contribution >= 0.6 is 0 Å². The van der Waals surface area contributed by atoms with Gasteiger partial charge in [0.1, 0.15) is 13.1 Å². The van der Waals surface area contributed by atoms with Crippen LogP contribution in [0.3, 0.4) is 0 Å². The van der Waals surface area contributed by atoms with Crippen LogP contribution in [0.15, 0.2) is 5.22 Å². The summed E-state index contributed by atoms with van der Waals surface area (Å²) in [6, 6.07) is 0. The third kappa shape index (κ3) is 3.57. The molecule has 0 aromatic carbocycles. The molecule has 0 aliphatic carbocycles. The molecule has 0 aromatic heterocycles. The second kappa shape index (κ2) is 3.94. The summed E-state index contributed by atoms with van der Waals surface area (Å²) >= 11 is 0. The van der Waals surface area contributed by atoms with Crippen molar-refractivity contribution in [3.05, 3.63) is 10.4 Å². The van der Waals surface area contributed by atoms with Gasteiger partial charge in [-0.1, -0.05) is 0 Å². The van der Waals surface area contributed by atoms with Crippen LogP contribution in [0.5, 0.6) is 0 Å². The van der Waals surface area contributed by atoms with E-state index >= 15 is 0 Å². The Bertz CT molecular complexity index is 96.0. The number of hydrogen-bond donors (Lipinski definition) is 0. The van der Waals surface area contributed by atoms with Crippen LogP contribution in [0.1, 0.15) is 13.8 Å². The Balaban J connectivity index is 3.68. The van der Waals surface area contributed by atoms with E-state index in [0.717, 1.165) is 0 Å². The Morgan fingerprint density at radius 3 is 1.89 bits per heavy atom. The Morgan fingerprint density at radius 2 is 1.78 bits per heavy atom. The summed E-state index contributed by atoms with van der Waals surface area (Å²) in [4.78, 5) is 0. The third-order valence-electron chi connectivity index (χ3n) is 0.930. The minimum absolute atomic E-state index is 0.581. The van der Waals surface area contributed by atoms with E-state index in [1.807, 2.05) is 13.8 Å². The van der Waals surface area contributed by atoms with Gasteiger partial charge in [-0.05, 0) is 13.8 Å². The van der Waals surface area contributed by atoms with Crippen LogP contribution in [-0.4, -0.2) is 23.1 Å². The summed E-state index contributed by atoms with van der Waals surface area (Å²) in [6.07, 6.45) is 0. The molecule has 5 nitrogen and oxygen atoms in total. The van der Waals surface area contributed by atoms with Crippen molar-refractivity contribution in [3.8, 4) is 0 Å². The first-order valence-corrected chi connectivity index (χ1v) is 2.81. The highest BCUT2D eigenvalue weighted by Crippen LogP contribution is 1.86. The minimum Gasteiger partial charge on any atom is -0.692 e. The molecule has 9 heavy (non-hydrogen) atoms. The van der Waals surface area contributed by atoms with Crippen molar-refractivity contribution in [1.29, 1.82) is 0 Å². The van der Waals surface area contributed by atoms with Gasteiger partial charge in [-0.25, -0.2) is 0 Å². The number of hydrogen-bond acceptors (Lipinski definition) is 3. The van der Waals surface area contributed by atoms with Crippen LogP contribution in [0.25, 0.3) is 0 Å². The van der Waals surface area contributed by atoms with Crippen LogP contribution in [0.2, 0.25) is 0 Å². The Morgan fingerprint density at radius 1 is 1.33 bits per heavy atom. The van der Waals surface area contributed by atoms with Gasteiger partial charge in [0, 0.05) is 0 Å². The van der Waals surface area contributed by atoms with Crippen molar-refractivity contribution in [3.63, 3.8) is 0 Å². The largest absolute Gasteiger partial charge is 0.692 e. The van der Waals surface area contributed by atoms with Gasteiger partial charge in [-0.3, -0.25) is 0 Å². The van der Waals surface area contributed by atoms with Gasteiger partial charge in [0.2, 0.25) is 0 Å². The topological polar surface area (TPSA) is 64.7 Å². The maximum absolute atomic E-state index is 9.72. The molecule has 0 fully saturated rings. The maximum Gasteiger partial charge on any atom is 0.104 e. The summed E-state index contributed by atoms with van der Waals surface area (Å²) in [5.41, 5.74) is 0. The summed E-state index contributed by atoms with van der Waals surface area (Å²) in [7, 11) is 0. The molecular formula is C4H10N3O2-. The van der Waals surface area contributed by atoms with Gasteiger partial charge >= 0.3 is 0 Å². The molecule has 0 aliphatic heterocycles. The Kier molecular flexibility index (Phi) is 3.50. The Hall–Kier alpha value is -1.00. The smallest absolute Gasteiger partial charge is 0.104 e. The van der Waals surface area contributed by atoms with Crippen LogP contribution in [-0.2, 0) is 0 Å². The van der Waals surface area contributed by atoms with E-state index in [-0.39, 0.29) is 0 Å². The monoisotopic (exact) mass is 132 g/mol. The zero-order valence-electron chi connectivity index (χ0n) is 5.57. The maximum atomic E-state index is 9.72. The third-order valence-corrected chi connectivity index (χ3v) is 0.930.